The van der Waals surface area contributed by atoms with Crippen molar-refractivity contribution in [3.8, 4) is 0 Å². The summed E-state index contributed by atoms with van der Waals surface area (Å²) in [5.41, 5.74) is 5.94. The van der Waals surface area contributed by atoms with Gasteiger partial charge in [0.1, 0.15) is 0 Å². The second kappa shape index (κ2) is 13.2. The lowest BCUT2D eigenvalue weighted by atomic mass is 9.98. The van der Waals surface area contributed by atoms with E-state index in [2.05, 4.69) is 31.4 Å². The van der Waals surface area contributed by atoms with E-state index in [-0.39, 0.29) is 23.1 Å². The van der Waals surface area contributed by atoms with Gasteiger partial charge in [0, 0.05) is 17.0 Å². The fourth-order valence-electron chi connectivity index (χ4n) is 2.99. The molecule has 182 valence electrons. The number of hydrogen-bond donors (Lipinski definition) is 6. The molecule has 0 aliphatic carbocycles. The summed E-state index contributed by atoms with van der Waals surface area (Å²) in [6.45, 7) is 10.2. The fraction of sp³-hybridized carbons (Fsp3) is 0.900. The van der Waals surface area contributed by atoms with E-state index >= 15 is 0 Å². The smallest absolute Gasteiger partial charge is 0.252 e. The first-order chi connectivity index (χ1) is 14.3. The molecule has 0 bridgehead atoms. The third kappa shape index (κ3) is 11.2. The Labute approximate surface area is 193 Å². The number of aliphatic hydroxyl groups is 3. The number of amides is 2. The number of aliphatic hydroxyl groups excluding tert-OH is 2. The summed E-state index contributed by atoms with van der Waals surface area (Å²) in [5.74, 6) is -0.284. The maximum Gasteiger partial charge on any atom is 0.252 e. The van der Waals surface area contributed by atoms with Crippen LogP contribution in [-0.4, -0.2) is 80.9 Å². The van der Waals surface area contributed by atoms with Crippen molar-refractivity contribution in [3.05, 3.63) is 0 Å². The molecule has 0 radical (unpaired) electrons. The van der Waals surface area contributed by atoms with Crippen molar-refractivity contribution < 1.29 is 29.6 Å². The van der Waals surface area contributed by atoms with E-state index in [4.69, 9.17) is 10.5 Å². The van der Waals surface area contributed by atoms with Gasteiger partial charge in [-0.15, -0.1) is 0 Å². The maximum atomic E-state index is 12.6. The Hall–Kier alpha value is -0.560. The van der Waals surface area contributed by atoms with Gasteiger partial charge in [0.05, 0.1) is 24.3 Å². The van der Waals surface area contributed by atoms with Crippen LogP contribution >= 0.6 is 21.6 Å². The first-order valence-corrected chi connectivity index (χ1v) is 13.0. The zero-order chi connectivity index (χ0) is 23.8. The second-order valence-corrected chi connectivity index (χ2v) is 12.5. The molecular formula is C20H39N3O6S2. The van der Waals surface area contributed by atoms with Crippen molar-refractivity contribution in [3.63, 3.8) is 0 Å². The van der Waals surface area contributed by atoms with Crippen LogP contribution in [-0.2, 0) is 14.3 Å². The van der Waals surface area contributed by atoms with Crippen molar-refractivity contribution in [2.75, 3.05) is 12.3 Å². The lowest BCUT2D eigenvalue weighted by Gasteiger charge is -2.34. The van der Waals surface area contributed by atoms with Gasteiger partial charge in [-0.25, -0.2) is 0 Å². The van der Waals surface area contributed by atoms with Crippen LogP contribution in [0.15, 0.2) is 0 Å². The zero-order valence-electron chi connectivity index (χ0n) is 19.0. The first-order valence-electron chi connectivity index (χ1n) is 10.6. The quantitative estimate of drug-likeness (QED) is 0.181. The highest BCUT2D eigenvalue weighted by Gasteiger charge is 2.37. The molecule has 0 aromatic heterocycles. The topological polar surface area (TPSA) is 154 Å². The summed E-state index contributed by atoms with van der Waals surface area (Å²) in [6, 6.07) is -1.51. The third-order valence-electron chi connectivity index (χ3n) is 4.54. The Morgan fingerprint density at radius 3 is 2.42 bits per heavy atom. The SMILES string of the molecule is CC(C)C[C@H](NC(=O)[C@H]1O[C@H](CNC(=O)[C@@H](N)CSSC(C)(C)C)CC[C@@H]1O)C(O)O. The van der Waals surface area contributed by atoms with E-state index in [1.165, 1.54) is 0 Å². The molecule has 0 saturated carbocycles. The number of ether oxygens (including phenoxy) is 1. The monoisotopic (exact) mass is 481 g/mol. The zero-order valence-corrected chi connectivity index (χ0v) is 20.7. The molecule has 9 nitrogen and oxygen atoms in total. The van der Waals surface area contributed by atoms with E-state index < -0.39 is 42.6 Å². The van der Waals surface area contributed by atoms with Gasteiger partial charge in [0.15, 0.2) is 12.4 Å². The number of nitrogens with one attached hydrogen (secondary N) is 2. The molecule has 1 aliphatic rings. The van der Waals surface area contributed by atoms with Gasteiger partial charge >= 0.3 is 0 Å². The fourth-order valence-corrected chi connectivity index (χ4v) is 5.42. The Morgan fingerprint density at radius 1 is 1.23 bits per heavy atom. The van der Waals surface area contributed by atoms with Gasteiger partial charge in [-0.1, -0.05) is 56.2 Å². The van der Waals surface area contributed by atoms with Crippen LogP contribution < -0.4 is 16.4 Å². The summed E-state index contributed by atoms with van der Waals surface area (Å²) < 4.78 is 5.79. The van der Waals surface area contributed by atoms with Crippen LogP contribution in [0.4, 0.5) is 0 Å². The molecule has 7 N–H and O–H groups in total. The van der Waals surface area contributed by atoms with Crippen molar-refractivity contribution in [2.24, 2.45) is 11.7 Å². The van der Waals surface area contributed by atoms with Crippen molar-refractivity contribution >= 4 is 33.4 Å². The predicted octanol–water partition coefficient (Wildman–Crippen LogP) is 0.360. The highest BCUT2D eigenvalue weighted by Crippen LogP contribution is 2.35. The normalized spacial score (nSPS) is 24.2. The van der Waals surface area contributed by atoms with Gasteiger partial charge < -0.3 is 36.4 Å². The van der Waals surface area contributed by atoms with Gasteiger partial charge in [-0.2, -0.15) is 0 Å². The largest absolute Gasteiger partial charge is 0.390 e. The Morgan fingerprint density at radius 2 is 1.87 bits per heavy atom. The van der Waals surface area contributed by atoms with Crippen LogP contribution in [0, 0.1) is 5.92 Å². The third-order valence-corrected chi connectivity index (χ3v) is 7.92. The summed E-state index contributed by atoms with van der Waals surface area (Å²) in [5, 5.41) is 34.5. The van der Waals surface area contributed by atoms with E-state index in [1.54, 1.807) is 21.6 Å². The van der Waals surface area contributed by atoms with Gasteiger partial charge in [0.25, 0.3) is 5.91 Å². The number of carbonyl (C=O) groups is 2. The van der Waals surface area contributed by atoms with Crippen molar-refractivity contribution in [1.29, 1.82) is 0 Å². The molecule has 0 aromatic rings. The minimum atomic E-state index is -1.71. The van der Waals surface area contributed by atoms with E-state index in [1.807, 2.05) is 13.8 Å². The van der Waals surface area contributed by atoms with Crippen LogP contribution in [0.25, 0.3) is 0 Å². The standard InChI is InChI=1S/C20H39N3O6S2/c1-11(2)8-14(19(27)28)23-18(26)16-15(24)7-6-12(29-16)9-22-17(25)13(21)10-30-31-20(3,4)5/h11-16,19,24,27-28H,6-10,21H2,1-5H3,(H,22,25)(H,23,26)/t12-,13-,14-,15-,16-/m0/s1. The van der Waals surface area contributed by atoms with Crippen LogP contribution in [0.2, 0.25) is 0 Å². The summed E-state index contributed by atoms with van der Waals surface area (Å²) >= 11 is 0. The number of carbonyl (C=O) groups excluding carboxylic acids is 2. The summed E-state index contributed by atoms with van der Waals surface area (Å²) in [4.78, 5) is 24.8. The Balaban J connectivity index is 2.52. The number of nitrogens with two attached hydrogens (primary N) is 1. The minimum Gasteiger partial charge on any atom is -0.390 e. The first kappa shape index (κ1) is 28.5. The molecule has 0 spiro atoms. The highest BCUT2D eigenvalue weighted by atomic mass is 33.1. The highest BCUT2D eigenvalue weighted by molar-refractivity contribution is 8.77. The summed E-state index contributed by atoms with van der Waals surface area (Å²) in [7, 11) is 3.21. The molecule has 0 unspecified atom stereocenters. The van der Waals surface area contributed by atoms with E-state index in [9.17, 15) is 24.9 Å². The molecular weight excluding hydrogens is 442 g/mol. The molecule has 5 atom stereocenters. The van der Waals surface area contributed by atoms with Crippen LogP contribution in [0.5, 0.6) is 0 Å². The molecule has 1 aliphatic heterocycles. The molecule has 2 amide bonds. The molecule has 1 rings (SSSR count). The van der Waals surface area contributed by atoms with Gasteiger partial charge in [0.2, 0.25) is 5.91 Å². The molecule has 31 heavy (non-hydrogen) atoms. The Kier molecular flexibility index (Phi) is 12.1. The average Bonchev–Trinajstić information content (AvgIpc) is 2.64. The molecule has 1 fully saturated rings. The van der Waals surface area contributed by atoms with E-state index in [0.717, 1.165) is 0 Å². The maximum absolute atomic E-state index is 12.6. The van der Waals surface area contributed by atoms with Gasteiger partial charge in [-0.3, -0.25) is 9.59 Å². The van der Waals surface area contributed by atoms with Crippen molar-refractivity contribution in [1.82, 2.24) is 10.6 Å². The molecule has 1 heterocycles. The Bertz CT molecular complexity index is 574. The van der Waals surface area contributed by atoms with Gasteiger partial charge in [-0.05, 0) is 25.2 Å². The number of hydrogen-bond acceptors (Lipinski definition) is 9. The molecule has 11 heteroatoms. The van der Waals surface area contributed by atoms with Crippen LogP contribution in [0.3, 0.4) is 0 Å². The van der Waals surface area contributed by atoms with E-state index in [0.29, 0.717) is 25.0 Å². The molecule has 1 saturated heterocycles. The predicted molar refractivity (Wildman–Crippen MR) is 124 cm³/mol. The lowest BCUT2D eigenvalue weighted by molar-refractivity contribution is -0.161. The lowest BCUT2D eigenvalue weighted by Crippen LogP contribution is -2.55. The summed E-state index contributed by atoms with van der Waals surface area (Å²) in [6.07, 6.45) is -3.12. The number of rotatable bonds is 11. The molecule has 0 aromatic carbocycles. The minimum absolute atomic E-state index is 0.0769. The second-order valence-electron chi connectivity index (χ2n) is 9.31. The average molecular weight is 482 g/mol. The van der Waals surface area contributed by atoms with Crippen LogP contribution in [0.1, 0.15) is 53.9 Å². The van der Waals surface area contributed by atoms with Crippen molar-refractivity contribution in [2.45, 2.75) is 95.3 Å².